The van der Waals surface area contributed by atoms with Crippen LogP contribution >= 0.6 is 0 Å². The first-order valence-corrected chi connectivity index (χ1v) is 27.0. The highest BCUT2D eigenvalue weighted by Gasteiger charge is 2.29. The standard InChI is InChI=1S/C49H79N5O20S/c55-41(22-21-38(48(64)65)52-42(56)15-13-11-9-7-5-3-1-2-4-6-8-10-12-14-16-45(59)60)50-23-25-71-27-29-73-33-43(57)51-24-26-72-28-30-74-34-44(58)53-39(32-46(61)62)47(63)54-40(49(66)67)31-36-17-19-37(20-18-36)35-75(68,69)70/h17-20,38-40H,1-16,21-35H2,(H,50,55)(H,51,57)(H,52,56)(H,53,58)(H,54,63)(H,59,60)(H,61,62)(H,64,65)(H,66,67)(H,68,69,70)/t38-,39-,40-/m0/s1. The fourth-order valence-electron chi connectivity index (χ4n) is 7.23. The summed E-state index contributed by atoms with van der Waals surface area (Å²) in [5.74, 6) is -8.68. The molecule has 0 radical (unpaired) electrons. The normalized spacial score (nSPS) is 12.4. The first kappa shape index (κ1) is 67.2. The lowest BCUT2D eigenvalue weighted by atomic mass is 10.0. The van der Waals surface area contributed by atoms with Crippen LogP contribution in [-0.4, -0.2) is 171 Å². The Balaban J connectivity index is 2.10. The second-order valence-electron chi connectivity index (χ2n) is 17.7. The van der Waals surface area contributed by atoms with E-state index in [0.717, 1.165) is 51.4 Å². The number of carbonyl (C=O) groups excluding carboxylic acids is 5. The molecule has 1 aromatic carbocycles. The van der Waals surface area contributed by atoms with Crippen LogP contribution in [0, 0.1) is 0 Å². The van der Waals surface area contributed by atoms with E-state index in [4.69, 9.17) is 28.6 Å². The lowest BCUT2D eigenvalue weighted by Gasteiger charge is -2.20. The summed E-state index contributed by atoms with van der Waals surface area (Å²) in [4.78, 5) is 107. The van der Waals surface area contributed by atoms with Gasteiger partial charge in [-0.2, -0.15) is 8.42 Å². The van der Waals surface area contributed by atoms with Gasteiger partial charge in [0.15, 0.2) is 0 Å². The van der Waals surface area contributed by atoms with Crippen molar-refractivity contribution in [2.45, 2.75) is 152 Å². The molecule has 5 amide bonds. The number of unbranched alkanes of at least 4 members (excludes halogenated alkanes) is 13. The highest BCUT2D eigenvalue weighted by molar-refractivity contribution is 7.85. The first-order chi connectivity index (χ1) is 35.7. The number of hydrogen-bond acceptors (Lipinski definition) is 15. The van der Waals surface area contributed by atoms with Crippen molar-refractivity contribution in [3.63, 3.8) is 0 Å². The van der Waals surface area contributed by atoms with E-state index < -0.39 is 94.5 Å². The van der Waals surface area contributed by atoms with Gasteiger partial charge in [-0.3, -0.25) is 38.1 Å². The number of amides is 5. The number of rotatable bonds is 48. The van der Waals surface area contributed by atoms with Crippen LogP contribution in [0.4, 0.5) is 0 Å². The van der Waals surface area contributed by atoms with E-state index in [9.17, 15) is 66.9 Å². The van der Waals surface area contributed by atoms with Crippen molar-refractivity contribution in [3.05, 3.63) is 35.4 Å². The zero-order valence-electron chi connectivity index (χ0n) is 42.7. The molecule has 0 aliphatic rings. The SMILES string of the molecule is O=C(O)CCCCCCCCCCCCCCCCC(=O)N[C@@H](CCC(=O)NCCOCCOCC(=O)NCCOCCOCC(=O)N[C@@H](CC(=O)O)C(=O)N[C@@H](Cc1ccc(CS(=O)(=O)O)cc1)C(=O)O)C(=O)O. The topological polar surface area (TPSA) is 386 Å². The molecular formula is C49H79N5O20S. The van der Waals surface area contributed by atoms with Crippen molar-refractivity contribution in [1.29, 1.82) is 0 Å². The van der Waals surface area contributed by atoms with Gasteiger partial charge in [0.2, 0.25) is 29.5 Å². The fourth-order valence-corrected chi connectivity index (χ4v) is 7.84. The Morgan fingerprint density at radius 2 is 0.893 bits per heavy atom. The van der Waals surface area contributed by atoms with Crippen molar-refractivity contribution in [2.24, 2.45) is 0 Å². The van der Waals surface area contributed by atoms with Crippen LogP contribution in [0.5, 0.6) is 0 Å². The van der Waals surface area contributed by atoms with Crippen LogP contribution in [0.2, 0.25) is 0 Å². The largest absolute Gasteiger partial charge is 0.481 e. The zero-order chi connectivity index (χ0) is 55.7. The van der Waals surface area contributed by atoms with Gasteiger partial charge in [0.1, 0.15) is 37.1 Å². The lowest BCUT2D eigenvalue weighted by Crippen LogP contribution is -2.53. The number of benzene rings is 1. The molecule has 0 saturated heterocycles. The molecule has 0 fully saturated rings. The predicted molar refractivity (Wildman–Crippen MR) is 269 cm³/mol. The molecule has 0 unspecified atom stereocenters. The van der Waals surface area contributed by atoms with Crippen LogP contribution < -0.4 is 26.6 Å². The predicted octanol–water partition coefficient (Wildman–Crippen LogP) is 2.12. The minimum absolute atomic E-state index is 0.00152. The molecular weight excluding hydrogens is 1010 g/mol. The van der Waals surface area contributed by atoms with Crippen molar-refractivity contribution in [1.82, 2.24) is 26.6 Å². The van der Waals surface area contributed by atoms with E-state index in [2.05, 4.69) is 26.6 Å². The Bertz CT molecular complexity index is 1990. The van der Waals surface area contributed by atoms with Gasteiger partial charge in [0, 0.05) is 38.8 Å². The Hall–Kier alpha value is -5.80. The van der Waals surface area contributed by atoms with Gasteiger partial charge in [-0.15, -0.1) is 0 Å². The smallest absolute Gasteiger partial charge is 0.326 e. The molecule has 25 nitrogen and oxygen atoms in total. The van der Waals surface area contributed by atoms with Crippen LogP contribution in [0.3, 0.4) is 0 Å². The van der Waals surface area contributed by atoms with E-state index in [0.29, 0.717) is 12.0 Å². The number of carbonyl (C=O) groups is 9. The third-order valence-corrected chi connectivity index (χ3v) is 11.8. The second kappa shape index (κ2) is 41.4. The van der Waals surface area contributed by atoms with Crippen molar-refractivity contribution in [3.8, 4) is 0 Å². The minimum atomic E-state index is -4.29. The molecule has 1 aromatic rings. The van der Waals surface area contributed by atoms with E-state index in [-0.39, 0.29) is 103 Å². The number of carboxylic acids is 4. The molecule has 0 bridgehead atoms. The highest BCUT2D eigenvalue weighted by Crippen LogP contribution is 2.15. The van der Waals surface area contributed by atoms with Crippen molar-refractivity contribution < 1.29 is 95.5 Å². The van der Waals surface area contributed by atoms with Crippen LogP contribution in [0.15, 0.2) is 24.3 Å². The number of carboxylic acid groups (broad SMARTS) is 4. The summed E-state index contributed by atoms with van der Waals surface area (Å²) in [6, 6.07) is 1.11. The number of ether oxygens (including phenoxy) is 4. The summed E-state index contributed by atoms with van der Waals surface area (Å²) in [6.07, 6.45) is 13.9. The van der Waals surface area contributed by atoms with E-state index in [1.54, 1.807) is 0 Å². The first-order valence-electron chi connectivity index (χ1n) is 25.4. The van der Waals surface area contributed by atoms with Crippen LogP contribution in [0.1, 0.15) is 133 Å². The summed E-state index contributed by atoms with van der Waals surface area (Å²) in [5.41, 5.74) is 0.607. The molecule has 426 valence electrons. The molecule has 3 atom stereocenters. The Morgan fingerprint density at radius 3 is 1.37 bits per heavy atom. The molecule has 75 heavy (non-hydrogen) atoms. The Kier molecular flexibility index (Phi) is 37.1. The van der Waals surface area contributed by atoms with Gasteiger partial charge in [-0.25, -0.2) is 9.59 Å². The average Bonchev–Trinajstić information content (AvgIpc) is 3.33. The quantitative estimate of drug-likeness (QED) is 0.0330. The average molecular weight is 1090 g/mol. The molecule has 0 aliphatic heterocycles. The van der Waals surface area contributed by atoms with Gasteiger partial charge in [0.25, 0.3) is 10.1 Å². The lowest BCUT2D eigenvalue weighted by molar-refractivity contribution is -0.144. The highest BCUT2D eigenvalue weighted by atomic mass is 32.2. The van der Waals surface area contributed by atoms with Gasteiger partial charge in [-0.1, -0.05) is 101 Å². The monoisotopic (exact) mass is 1090 g/mol. The summed E-state index contributed by atoms with van der Waals surface area (Å²) in [7, 11) is -4.29. The summed E-state index contributed by atoms with van der Waals surface area (Å²) < 4.78 is 52.3. The molecule has 0 saturated carbocycles. The summed E-state index contributed by atoms with van der Waals surface area (Å²) in [5, 5.41) is 49.2. The van der Waals surface area contributed by atoms with E-state index in [1.165, 1.54) is 56.4 Å². The second-order valence-corrected chi connectivity index (χ2v) is 19.2. The Morgan fingerprint density at radius 1 is 0.453 bits per heavy atom. The maximum atomic E-state index is 12.8. The van der Waals surface area contributed by atoms with Crippen LogP contribution in [0.25, 0.3) is 0 Å². The molecule has 0 aromatic heterocycles. The minimum Gasteiger partial charge on any atom is -0.481 e. The van der Waals surface area contributed by atoms with Crippen molar-refractivity contribution >= 4 is 63.5 Å². The van der Waals surface area contributed by atoms with Gasteiger partial charge < -0.3 is 66.0 Å². The molecule has 1 rings (SSSR count). The van der Waals surface area contributed by atoms with Gasteiger partial charge in [0.05, 0.1) is 46.1 Å². The van der Waals surface area contributed by atoms with E-state index in [1.807, 2.05) is 0 Å². The number of aliphatic carboxylic acids is 4. The molecule has 10 N–H and O–H groups in total. The zero-order valence-corrected chi connectivity index (χ0v) is 43.5. The number of hydrogen-bond donors (Lipinski definition) is 10. The van der Waals surface area contributed by atoms with Gasteiger partial charge >= 0.3 is 23.9 Å². The third kappa shape index (κ3) is 39.3. The van der Waals surface area contributed by atoms with Crippen LogP contribution in [-0.2, 0) is 84.4 Å². The maximum absolute atomic E-state index is 12.8. The summed E-state index contributed by atoms with van der Waals surface area (Å²) in [6.45, 7) is -0.266. The Labute approximate surface area is 438 Å². The fraction of sp³-hybridized carbons (Fsp3) is 0.694. The van der Waals surface area contributed by atoms with Gasteiger partial charge in [-0.05, 0) is 30.4 Å². The maximum Gasteiger partial charge on any atom is 0.326 e. The number of nitrogens with one attached hydrogen (secondary N) is 5. The van der Waals surface area contributed by atoms with E-state index >= 15 is 0 Å². The molecule has 0 heterocycles. The summed E-state index contributed by atoms with van der Waals surface area (Å²) >= 11 is 0. The molecule has 0 aliphatic carbocycles. The molecule has 26 heteroatoms. The molecule has 0 spiro atoms. The third-order valence-electron chi connectivity index (χ3n) is 11.1. The van der Waals surface area contributed by atoms with Crippen molar-refractivity contribution in [2.75, 3.05) is 65.9 Å².